The standard InChI is InChI=1S/C32H31N5O3/c1-2-40-27-19-17-26(18-20-27)31(32(39)33-21-24-11-5-3-6-12-24)36(22-25-13-7-4-8-14-25)30(38)23-37-29-16-10-9-15-28(29)34-35-37/h3-20,31H,2,21-23H2,1H3,(H,33,39)/t31-/m1/s1. The van der Waals surface area contributed by atoms with Crippen LogP contribution in [0.4, 0.5) is 0 Å². The molecule has 0 saturated carbocycles. The van der Waals surface area contributed by atoms with Gasteiger partial charge in [-0.25, -0.2) is 4.68 Å². The molecule has 1 atom stereocenters. The third kappa shape index (κ3) is 6.35. The van der Waals surface area contributed by atoms with Crippen LogP contribution in [0, 0.1) is 0 Å². The molecule has 40 heavy (non-hydrogen) atoms. The van der Waals surface area contributed by atoms with Crippen LogP contribution in [-0.2, 0) is 29.2 Å². The van der Waals surface area contributed by atoms with Crippen LogP contribution in [-0.4, -0.2) is 38.3 Å². The van der Waals surface area contributed by atoms with Gasteiger partial charge in [-0.2, -0.15) is 0 Å². The van der Waals surface area contributed by atoms with E-state index in [0.717, 1.165) is 16.6 Å². The lowest BCUT2D eigenvalue weighted by Gasteiger charge is -2.32. The number of nitrogens with one attached hydrogen (secondary N) is 1. The topological polar surface area (TPSA) is 89.4 Å². The van der Waals surface area contributed by atoms with E-state index in [1.54, 1.807) is 9.58 Å². The molecule has 0 bridgehead atoms. The summed E-state index contributed by atoms with van der Waals surface area (Å²) in [6, 6.07) is 33.3. The van der Waals surface area contributed by atoms with Gasteiger partial charge < -0.3 is 15.0 Å². The highest BCUT2D eigenvalue weighted by molar-refractivity contribution is 5.89. The zero-order valence-corrected chi connectivity index (χ0v) is 22.3. The Balaban J connectivity index is 1.50. The van der Waals surface area contributed by atoms with Crippen LogP contribution in [0.1, 0.15) is 29.7 Å². The Bertz CT molecular complexity index is 1550. The van der Waals surface area contributed by atoms with Gasteiger partial charge in [-0.05, 0) is 47.9 Å². The molecule has 0 aliphatic carbocycles. The highest BCUT2D eigenvalue weighted by Gasteiger charge is 2.32. The number of nitrogens with zero attached hydrogens (tertiary/aromatic N) is 4. The molecular formula is C32H31N5O3. The number of carbonyl (C=O) groups excluding carboxylic acids is 2. The Morgan fingerprint density at radius 3 is 2.20 bits per heavy atom. The number of rotatable bonds is 11. The fourth-order valence-electron chi connectivity index (χ4n) is 4.62. The SMILES string of the molecule is CCOc1ccc([C@H](C(=O)NCc2ccccc2)N(Cc2ccccc2)C(=O)Cn2nnc3ccccc32)cc1. The molecule has 1 heterocycles. The Labute approximate surface area is 233 Å². The van der Waals surface area contributed by atoms with Crippen LogP contribution in [0.5, 0.6) is 5.75 Å². The second kappa shape index (κ2) is 12.7. The van der Waals surface area contributed by atoms with Crippen molar-refractivity contribution in [1.29, 1.82) is 0 Å². The lowest BCUT2D eigenvalue weighted by atomic mass is 10.0. The minimum atomic E-state index is -0.887. The summed E-state index contributed by atoms with van der Waals surface area (Å²) in [4.78, 5) is 29.6. The second-order valence-corrected chi connectivity index (χ2v) is 9.35. The molecule has 1 N–H and O–H groups in total. The zero-order valence-electron chi connectivity index (χ0n) is 22.3. The van der Waals surface area contributed by atoms with E-state index in [2.05, 4.69) is 15.6 Å². The first-order valence-electron chi connectivity index (χ1n) is 13.3. The van der Waals surface area contributed by atoms with Gasteiger partial charge in [0, 0.05) is 13.1 Å². The molecule has 0 aliphatic heterocycles. The van der Waals surface area contributed by atoms with Crippen molar-refractivity contribution < 1.29 is 14.3 Å². The number of para-hydroxylation sites is 1. The number of ether oxygens (including phenoxy) is 1. The van der Waals surface area contributed by atoms with Gasteiger partial charge in [0.25, 0.3) is 0 Å². The lowest BCUT2D eigenvalue weighted by molar-refractivity contribution is -0.142. The summed E-state index contributed by atoms with van der Waals surface area (Å²) < 4.78 is 7.20. The monoisotopic (exact) mass is 533 g/mol. The number of fused-ring (bicyclic) bond motifs is 1. The molecule has 5 aromatic rings. The molecule has 0 aliphatic rings. The third-order valence-electron chi connectivity index (χ3n) is 6.60. The van der Waals surface area contributed by atoms with Gasteiger partial charge in [-0.1, -0.05) is 90.1 Å². The molecule has 0 fully saturated rings. The van der Waals surface area contributed by atoms with Crippen LogP contribution in [0.3, 0.4) is 0 Å². The minimum absolute atomic E-state index is 0.0627. The predicted molar refractivity (Wildman–Crippen MR) is 153 cm³/mol. The molecule has 0 saturated heterocycles. The highest BCUT2D eigenvalue weighted by atomic mass is 16.5. The molecule has 8 heteroatoms. The average Bonchev–Trinajstić information content (AvgIpc) is 3.40. The molecule has 1 aromatic heterocycles. The van der Waals surface area contributed by atoms with Gasteiger partial charge >= 0.3 is 0 Å². The smallest absolute Gasteiger partial charge is 0.247 e. The van der Waals surface area contributed by atoms with Crippen LogP contribution in [0.25, 0.3) is 11.0 Å². The molecule has 0 unspecified atom stereocenters. The number of amides is 2. The first kappa shape index (κ1) is 26.6. The van der Waals surface area contributed by atoms with E-state index in [1.165, 1.54) is 0 Å². The molecule has 202 valence electrons. The van der Waals surface area contributed by atoms with E-state index in [1.807, 2.05) is 116 Å². The summed E-state index contributed by atoms with van der Waals surface area (Å²) in [6.07, 6.45) is 0. The van der Waals surface area contributed by atoms with Gasteiger partial charge in [0.05, 0.1) is 12.1 Å². The molecule has 0 spiro atoms. The maximum absolute atomic E-state index is 14.1. The molecule has 8 nitrogen and oxygen atoms in total. The Hall–Kier alpha value is -4.98. The summed E-state index contributed by atoms with van der Waals surface area (Å²) in [5.41, 5.74) is 4.01. The predicted octanol–water partition coefficient (Wildman–Crippen LogP) is 4.92. The van der Waals surface area contributed by atoms with Crippen molar-refractivity contribution >= 4 is 22.8 Å². The van der Waals surface area contributed by atoms with Gasteiger partial charge in [0.2, 0.25) is 11.8 Å². The lowest BCUT2D eigenvalue weighted by Crippen LogP contribution is -2.44. The van der Waals surface area contributed by atoms with Crippen molar-refractivity contribution in [3.63, 3.8) is 0 Å². The summed E-state index contributed by atoms with van der Waals surface area (Å²) in [5, 5.41) is 11.5. The summed E-state index contributed by atoms with van der Waals surface area (Å²) in [5.74, 6) is 0.165. The number of hydrogen-bond donors (Lipinski definition) is 1. The fraction of sp³-hybridized carbons (Fsp3) is 0.188. The van der Waals surface area contributed by atoms with Gasteiger partial charge in [-0.3, -0.25) is 9.59 Å². The van der Waals surface area contributed by atoms with E-state index < -0.39 is 6.04 Å². The average molecular weight is 534 g/mol. The zero-order chi connectivity index (χ0) is 27.7. The first-order chi connectivity index (χ1) is 19.6. The minimum Gasteiger partial charge on any atom is -0.494 e. The Kier molecular flexibility index (Phi) is 8.46. The molecule has 0 radical (unpaired) electrons. The molecular weight excluding hydrogens is 502 g/mol. The van der Waals surface area contributed by atoms with Crippen molar-refractivity contribution in [2.45, 2.75) is 32.6 Å². The second-order valence-electron chi connectivity index (χ2n) is 9.35. The van der Waals surface area contributed by atoms with E-state index in [-0.39, 0.29) is 24.9 Å². The third-order valence-corrected chi connectivity index (χ3v) is 6.60. The van der Waals surface area contributed by atoms with Crippen molar-refractivity contribution in [3.05, 3.63) is 126 Å². The summed E-state index contributed by atoms with van der Waals surface area (Å²) in [6.45, 7) is 2.97. The maximum Gasteiger partial charge on any atom is 0.247 e. The number of aromatic nitrogens is 3. The van der Waals surface area contributed by atoms with Gasteiger partial charge in [-0.15, -0.1) is 5.10 Å². The van der Waals surface area contributed by atoms with E-state index in [0.29, 0.717) is 30.0 Å². The Morgan fingerprint density at radius 2 is 1.50 bits per heavy atom. The first-order valence-corrected chi connectivity index (χ1v) is 13.3. The largest absolute Gasteiger partial charge is 0.494 e. The summed E-state index contributed by atoms with van der Waals surface area (Å²) in [7, 11) is 0. The number of benzene rings is 4. The normalized spacial score (nSPS) is 11.6. The van der Waals surface area contributed by atoms with Crippen molar-refractivity contribution in [2.24, 2.45) is 0 Å². The quantitative estimate of drug-likeness (QED) is 0.260. The molecule has 5 rings (SSSR count). The van der Waals surface area contributed by atoms with Crippen LogP contribution in [0.15, 0.2) is 109 Å². The van der Waals surface area contributed by atoms with Gasteiger partial charge in [0.15, 0.2) is 0 Å². The van der Waals surface area contributed by atoms with Crippen molar-refractivity contribution in [1.82, 2.24) is 25.2 Å². The van der Waals surface area contributed by atoms with Crippen LogP contribution in [0.2, 0.25) is 0 Å². The molecule has 2 amide bonds. The molecule has 4 aromatic carbocycles. The van der Waals surface area contributed by atoms with Crippen LogP contribution >= 0.6 is 0 Å². The maximum atomic E-state index is 14.1. The van der Waals surface area contributed by atoms with E-state index >= 15 is 0 Å². The number of carbonyl (C=O) groups is 2. The van der Waals surface area contributed by atoms with E-state index in [4.69, 9.17) is 4.74 Å². The van der Waals surface area contributed by atoms with Crippen molar-refractivity contribution in [3.8, 4) is 5.75 Å². The van der Waals surface area contributed by atoms with Crippen LogP contribution < -0.4 is 10.1 Å². The van der Waals surface area contributed by atoms with Gasteiger partial charge in [0.1, 0.15) is 23.9 Å². The van der Waals surface area contributed by atoms with E-state index in [9.17, 15) is 9.59 Å². The fourth-order valence-corrected chi connectivity index (χ4v) is 4.62. The van der Waals surface area contributed by atoms with Crippen molar-refractivity contribution in [2.75, 3.05) is 6.61 Å². The Morgan fingerprint density at radius 1 is 0.850 bits per heavy atom. The number of hydrogen-bond acceptors (Lipinski definition) is 5. The highest BCUT2D eigenvalue weighted by Crippen LogP contribution is 2.27. The summed E-state index contributed by atoms with van der Waals surface area (Å²) >= 11 is 0.